The predicted octanol–water partition coefficient (Wildman–Crippen LogP) is 13.8. The molecular weight excluding hydrogens is 645 g/mol. The molecule has 12 aromatic rings. The highest BCUT2D eigenvalue weighted by atomic mass is 16.3. The molecule has 0 atom stereocenters. The number of hydrogen-bond donors (Lipinski definition) is 0. The van der Waals surface area contributed by atoms with E-state index in [4.69, 9.17) is 4.42 Å². The quantitative estimate of drug-likeness (QED) is 0.183. The number of para-hydroxylation sites is 2. The highest BCUT2D eigenvalue weighted by Crippen LogP contribution is 2.44. The van der Waals surface area contributed by atoms with Gasteiger partial charge in [-0.05, 0) is 105 Å². The Morgan fingerprint density at radius 3 is 1.53 bits per heavy atom. The fourth-order valence-electron chi connectivity index (χ4n) is 8.84. The fourth-order valence-corrected chi connectivity index (χ4v) is 8.84. The second kappa shape index (κ2) is 10.7. The standard InChI is InChI=1S/C50H30N2O/c1-3-11-33-27-37(21-17-31(33)9-1)51-43-15-7-5-14-41(43)49-45(51)25-26-46-50(49)42-29-35(36-19-23-40-39-13-6-8-16-47(39)53-48(40)30-36)20-24-44(42)52(46)38-22-18-32-10-2-4-12-34(32)28-38/h1-30H. The SMILES string of the molecule is c1ccc2cc(-n3c4ccccc4c4c5c6cc(-c7ccc8c(c7)oc7ccccc78)ccc6n(-c6ccc7ccccc7c6)c5ccc43)ccc2c1. The monoisotopic (exact) mass is 674 g/mol. The first-order valence-electron chi connectivity index (χ1n) is 18.2. The molecule has 0 unspecified atom stereocenters. The average Bonchev–Trinajstić information content (AvgIpc) is 3.87. The van der Waals surface area contributed by atoms with Crippen LogP contribution in [0.4, 0.5) is 0 Å². The lowest BCUT2D eigenvalue weighted by Crippen LogP contribution is -1.95. The Hall–Kier alpha value is -7.10. The zero-order chi connectivity index (χ0) is 34.6. The number of aromatic nitrogens is 2. The van der Waals surface area contributed by atoms with Crippen molar-refractivity contribution >= 4 is 87.1 Å². The van der Waals surface area contributed by atoms with Gasteiger partial charge in [-0.1, -0.05) is 109 Å². The molecule has 0 aliphatic carbocycles. The van der Waals surface area contributed by atoms with Gasteiger partial charge in [0.15, 0.2) is 0 Å². The zero-order valence-electron chi connectivity index (χ0n) is 28.6. The summed E-state index contributed by atoms with van der Waals surface area (Å²) in [7, 11) is 0. The van der Waals surface area contributed by atoms with E-state index >= 15 is 0 Å². The van der Waals surface area contributed by atoms with Gasteiger partial charge in [0.05, 0.1) is 22.1 Å². The number of hydrogen-bond acceptors (Lipinski definition) is 1. The van der Waals surface area contributed by atoms with Crippen LogP contribution in [-0.2, 0) is 0 Å². The normalized spacial score (nSPS) is 12.2. The van der Waals surface area contributed by atoms with E-state index in [1.54, 1.807) is 0 Å². The van der Waals surface area contributed by atoms with Gasteiger partial charge in [-0.3, -0.25) is 0 Å². The van der Waals surface area contributed by atoms with Crippen molar-refractivity contribution in [1.82, 2.24) is 9.13 Å². The van der Waals surface area contributed by atoms with Gasteiger partial charge in [0.1, 0.15) is 11.2 Å². The lowest BCUT2D eigenvalue weighted by molar-refractivity contribution is 0.669. The molecule has 0 spiro atoms. The lowest BCUT2D eigenvalue weighted by Gasteiger charge is -2.11. The van der Waals surface area contributed by atoms with Crippen LogP contribution in [0.5, 0.6) is 0 Å². The molecular formula is C50H30N2O. The summed E-state index contributed by atoms with van der Waals surface area (Å²) in [5.74, 6) is 0. The van der Waals surface area contributed by atoms with Gasteiger partial charge < -0.3 is 13.6 Å². The van der Waals surface area contributed by atoms with Gasteiger partial charge >= 0.3 is 0 Å². The van der Waals surface area contributed by atoms with Crippen molar-refractivity contribution in [1.29, 1.82) is 0 Å². The van der Waals surface area contributed by atoms with Gasteiger partial charge in [0, 0.05) is 43.7 Å². The smallest absolute Gasteiger partial charge is 0.136 e. The number of benzene rings is 9. The third kappa shape index (κ3) is 4.10. The molecule has 0 bridgehead atoms. The highest BCUT2D eigenvalue weighted by Gasteiger charge is 2.21. The van der Waals surface area contributed by atoms with Crippen LogP contribution in [0.25, 0.3) is 110 Å². The second-order valence-corrected chi connectivity index (χ2v) is 14.1. The Kier molecular flexibility index (Phi) is 5.77. The third-order valence-electron chi connectivity index (χ3n) is 11.3. The van der Waals surface area contributed by atoms with Gasteiger partial charge in [-0.25, -0.2) is 0 Å². The maximum atomic E-state index is 6.34. The molecule has 9 aromatic carbocycles. The molecule has 0 radical (unpaired) electrons. The summed E-state index contributed by atoms with van der Waals surface area (Å²) >= 11 is 0. The molecule has 0 fully saturated rings. The van der Waals surface area contributed by atoms with Crippen LogP contribution in [0.3, 0.4) is 0 Å². The van der Waals surface area contributed by atoms with Crippen LogP contribution >= 0.6 is 0 Å². The Bertz CT molecular complexity index is 3470. The summed E-state index contributed by atoms with van der Waals surface area (Å²) in [5, 5.41) is 12.2. The van der Waals surface area contributed by atoms with Gasteiger partial charge in [0.2, 0.25) is 0 Å². The zero-order valence-corrected chi connectivity index (χ0v) is 28.6. The summed E-state index contributed by atoms with van der Waals surface area (Å²) in [6.07, 6.45) is 0. The van der Waals surface area contributed by atoms with Gasteiger partial charge in [0.25, 0.3) is 0 Å². The van der Waals surface area contributed by atoms with E-state index in [0.717, 1.165) is 44.4 Å². The Morgan fingerprint density at radius 2 is 0.811 bits per heavy atom. The number of nitrogens with zero attached hydrogens (tertiary/aromatic N) is 2. The molecule has 3 nitrogen and oxygen atoms in total. The fraction of sp³-hybridized carbons (Fsp3) is 0. The molecule has 0 aliphatic heterocycles. The van der Waals surface area contributed by atoms with E-state index in [0.29, 0.717) is 0 Å². The minimum atomic E-state index is 0.906. The maximum absolute atomic E-state index is 6.34. The highest BCUT2D eigenvalue weighted by molar-refractivity contribution is 6.29. The van der Waals surface area contributed by atoms with Crippen molar-refractivity contribution in [2.75, 3.05) is 0 Å². The van der Waals surface area contributed by atoms with Crippen molar-refractivity contribution in [2.45, 2.75) is 0 Å². The average molecular weight is 675 g/mol. The van der Waals surface area contributed by atoms with Crippen LogP contribution in [0, 0.1) is 0 Å². The number of fused-ring (bicyclic) bond motifs is 12. The minimum absolute atomic E-state index is 0.906. The molecule has 0 saturated carbocycles. The van der Waals surface area contributed by atoms with Crippen LogP contribution in [0.15, 0.2) is 186 Å². The summed E-state index contributed by atoms with van der Waals surface area (Å²) in [5.41, 5.74) is 11.2. The Balaban J connectivity index is 1.19. The topological polar surface area (TPSA) is 23.0 Å². The van der Waals surface area contributed by atoms with Crippen molar-refractivity contribution < 1.29 is 4.42 Å². The van der Waals surface area contributed by atoms with Crippen LogP contribution in [-0.4, -0.2) is 9.13 Å². The maximum Gasteiger partial charge on any atom is 0.136 e. The first kappa shape index (κ1) is 28.6. The molecule has 3 aromatic heterocycles. The van der Waals surface area contributed by atoms with E-state index in [1.165, 1.54) is 65.2 Å². The number of furan rings is 1. The van der Waals surface area contributed by atoms with Crippen molar-refractivity contribution in [2.24, 2.45) is 0 Å². The molecule has 0 aliphatic rings. The van der Waals surface area contributed by atoms with E-state index in [1.807, 2.05) is 12.1 Å². The first-order valence-corrected chi connectivity index (χ1v) is 18.2. The Labute approximate surface area is 304 Å². The van der Waals surface area contributed by atoms with E-state index in [-0.39, 0.29) is 0 Å². The van der Waals surface area contributed by atoms with Gasteiger partial charge in [-0.2, -0.15) is 0 Å². The summed E-state index contributed by atoms with van der Waals surface area (Å²) in [6.45, 7) is 0. The lowest BCUT2D eigenvalue weighted by atomic mass is 10.00. The largest absolute Gasteiger partial charge is 0.456 e. The van der Waals surface area contributed by atoms with Crippen molar-refractivity contribution in [3.63, 3.8) is 0 Å². The van der Waals surface area contributed by atoms with Crippen LogP contribution < -0.4 is 0 Å². The Morgan fingerprint density at radius 1 is 0.302 bits per heavy atom. The van der Waals surface area contributed by atoms with E-state index in [2.05, 4.69) is 179 Å². The first-order chi connectivity index (χ1) is 26.3. The molecule has 0 saturated heterocycles. The van der Waals surface area contributed by atoms with Crippen LogP contribution in [0.2, 0.25) is 0 Å². The molecule has 0 N–H and O–H groups in total. The second-order valence-electron chi connectivity index (χ2n) is 14.1. The molecule has 246 valence electrons. The van der Waals surface area contributed by atoms with E-state index in [9.17, 15) is 0 Å². The van der Waals surface area contributed by atoms with Crippen LogP contribution in [0.1, 0.15) is 0 Å². The molecule has 53 heavy (non-hydrogen) atoms. The summed E-state index contributed by atoms with van der Waals surface area (Å²) < 4.78 is 11.2. The molecule has 0 amide bonds. The summed E-state index contributed by atoms with van der Waals surface area (Å²) in [6, 6.07) is 66.2. The molecule has 3 heteroatoms. The minimum Gasteiger partial charge on any atom is -0.456 e. The summed E-state index contributed by atoms with van der Waals surface area (Å²) in [4.78, 5) is 0. The van der Waals surface area contributed by atoms with Crippen molar-refractivity contribution in [3.05, 3.63) is 182 Å². The third-order valence-corrected chi connectivity index (χ3v) is 11.3. The van der Waals surface area contributed by atoms with Gasteiger partial charge in [-0.15, -0.1) is 0 Å². The predicted molar refractivity (Wildman–Crippen MR) is 223 cm³/mol. The number of rotatable bonds is 3. The van der Waals surface area contributed by atoms with Crippen molar-refractivity contribution in [3.8, 4) is 22.5 Å². The molecule has 3 heterocycles. The molecule has 12 rings (SSSR count). The van der Waals surface area contributed by atoms with E-state index < -0.39 is 0 Å².